The summed E-state index contributed by atoms with van der Waals surface area (Å²) in [5.74, 6) is 0.0613. The minimum absolute atomic E-state index is 0.0613. The predicted molar refractivity (Wildman–Crippen MR) is 43.7 cm³/mol. The van der Waals surface area contributed by atoms with Gasteiger partial charge in [0.15, 0.2) is 0 Å². The molecule has 0 amide bonds. The van der Waals surface area contributed by atoms with Crippen molar-refractivity contribution >= 4 is 12.0 Å². The van der Waals surface area contributed by atoms with Gasteiger partial charge in [-0.05, 0) is 11.6 Å². The van der Waals surface area contributed by atoms with E-state index < -0.39 is 0 Å². The van der Waals surface area contributed by atoms with Crippen LogP contribution in [0.15, 0.2) is 24.3 Å². The van der Waals surface area contributed by atoms with Gasteiger partial charge in [-0.15, -0.1) is 0 Å². The zero-order valence-corrected chi connectivity index (χ0v) is 6.08. The van der Waals surface area contributed by atoms with E-state index in [1.807, 2.05) is 24.3 Å². The van der Waals surface area contributed by atoms with Crippen molar-refractivity contribution in [1.29, 1.82) is 0 Å². The summed E-state index contributed by atoms with van der Waals surface area (Å²) in [6, 6.07) is 7.93. The maximum absolute atomic E-state index is 10.5. The van der Waals surface area contributed by atoms with E-state index in [0.717, 1.165) is 24.1 Å². The van der Waals surface area contributed by atoms with Crippen LogP contribution in [0.5, 0.6) is 0 Å². The van der Waals surface area contributed by atoms with Gasteiger partial charge in [0.2, 0.25) is 0 Å². The summed E-state index contributed by atoms with van der Waals surface area (Å²) in [4.78, 5) is 10.5. The number of fused-ring (bicyclic) bond motifs is 1. The first-order valence-corrected chi connectivity index (χ1v) is 3.70. The Labute approximate surface area is 65.2 Å². The van der Waals surface area contributed by atoms with Crippen molar-refractivity contribution in [3.63, 3.8) is 0 Å². The molecule has 0 aromatic heterocycles. The molecule has 56 valence electrons. The van der Waals surface area contributed by atoms with Crippen molar-refractivity contribution in [2.75, 3.05) is 11.9 Å². The largest absolute Gasteiger partial charge is 0.384 e. The molecule has 2 nitrogen and oxygen atoms in total. The smallest absolute Gasteiger partial charge is 0.129 e. The molecule has 0 unspecified atom stereocenters. The lowest BCUT2D eigenvalue weighted by Crippen LogP contribution is -2.01. The Morgan fingerprint density at radius 2 is 2.27 bits per heavy atom. The first-order valence-electron chi connectivity index (χ1n) is 3.70. The van der Waals surface area contributed by atoms with Crippen molar-refractivity contribution in [2.24, 2.45) is 0 Å². The van der Waals surface area contributed by atoms with Gasteiger partial charge in [-0.1, -0.05) is 18.2 Å². The topological polar surface area (TPSA) is 29.1 Å². The normalized spacial score (nSPS) is 20.5. The van der Waals surface area contributed by atoms with Gasteiger partial charge in [0, 0.05) is 12.2 Å². The Hall–Kier alpha value is -1.31. The van der Waals surface area contributed by atoms with Gasteiger partial charge >= 0.3 is 0 Å². The van der Waals surface area contributed by atoms with E-state index >= 15 is 0 Å². The van der Waals surface area contributed by atoms with Crippen LogP contribution in [0.4, 0.5) is 5.69 Å². The average molecular weight is 147 g/mol. The van der Waals surface area contributed by atoms with Gasteiger partial charge in [-0.3, -0.25) is 0 Å². The molecule has 0 fully saturated rings. The minimum atomic E-state index is 0.0613. The van der Waals surface area contributed by atoms with E-state index in [1.165, 1.54) is 0 Å². The van der Waals surface area contributed by atoms with Crippen LogP contribution in [-0.2, 0) is 4.79 Å². The van der Waals surface area contributed by atoms with Gasteiger partial charge in [-0.25, -0.2) is 0 Å². The molecule has 0 radical (unpaired) electrons. The zero-order chi connectivity index (χ0) is 7.68. The summed E-state index contributed by atoms with van der Waals surface area (Å²) in [5, 5.41) is 3.17. The highest BCUT2D eigenvalue weighted by Crippen LogP contribution is 2.28. The maximum atomic E-state index is 10.5. The molecule has 0 saturated carbocycles. The number of para-hydroxylation sites is 1. The number of nitrogens with one attached hydrogen (secondary N) is 1. The molecule has 0 aliphatic carbocycles. The Kier molecular flexibility index (Phi) is 1.39. The summed E-state index contributed by atoms with van der Waals surface area (Å²) in [6.07, 6.45) is 0.999. The van der Waals surface area contributed by atoms with E-state index in [9.17, 15) is 4.79 Å². The highest BCUT2D eigenvalue weighted by Gasteiger charge is 2.19. The fourth-order valence-electron chi connectivity index (χ4n) is 1.43. The summed E-state index contributed by atoms with van der Waals surface area (Å²) in [6.45, 7) is 0.753. The monoisotopic (exact) mass is 147 g/mol. The number of anilines is 1. The molecule has 1 aromatic carbocycles. The highest BCUT2D eigenvalue weighted by atomic mass is 16.1. The first kappa shape index (κ1) is 6.40. The van der Waals surface area contributed by atoms with Crippen LogP contribution in [0.25, 0.3) is 0 Å². The molecular weight excluding hydrogens is 138 g/mol. The van der Waals surface area contributed by atoms with Crippen molar-refractivity contribution < 1.29 is 4.79 Å². The number of aldehydes is 1. The lowest BCUT2D eigenvalue weighted by atomic mass is 10.0. The van der Waals surface area contributed by atoms with Crippen molar-refractivity contribution in [1.82, 2.24) is 0 Å². The molecular formula is C9H9NO. The van der Waals surface area contributed by atoms with Crippen molar-refractivity contribution in [2.45, 2.75) is 5.92 Å². The molecule has 1 aromatic rings. The van der Waals surface area contributed by atoms with Crippen LogP contribution in [-0.4, -0.2) is 12.8 Å². The van der Waals surface area contributed by atoms with E-state index in [4.69, 9.17) is 0 Å². The van der Waals surface area contributed by atoms with E-state index in [-0.39, 0.29) is 5.92 Å². The van der Waals surface area contributed by atoms with Crippen LogP contribution >= 0.6 is 0 Å². The van der Waals surface area contributed by atoms with Gasteiger partial charge in [0.05, 0.1) is 5.92 Å². The molecule has 0 spiro atoms. The second-order valence-corrected chi connectivity index (χ2v) is 2.71. The van der Waals surface area contributed by atoms with Crippen LogP contribution < -0.4 is 5.32 Å². The summed E-state index contributed by atoms with van der Waals surface area (Å²) >= 11 is 0. The van der Waals surface area contributed by atoms with Crippen LogP contribution in [0.1, 0.15) is 11.5 Å². The third-order valence-corrected chi connectivity index (χ3v) is 2.04. The second-order valence-electron chi connectivity index (χ2n) is 2.71. The fraction of sp³-hybridized carbons (Fsp3) is 0.222. The molecule has 1 aliphatic rings. The van der Waals surface area contributed by atoms with E-state index in [0.29, 0.717) is 0 Å². The Morgan fingerprint density at radius 3 is 3.09 bits per heavy atom. The fourth-order valence-corrected chi connectivity index (χ4v) is 1.43. The van der Waals surface area contributed by atoms with Crippen LogP contribution in [0.2, 0.25) is 0 Å². The number of benzene rings is 1. The molecule has 0 bridgehead atoms. The third kappa shape index (κ3) is 0.909. The molecule has 1 aliphatic heterocycles. The SMILES string of the molecule is O=C[C@@H]1CNc2ccccc21. The van der Waals surface area contributed by atoms with Gasteiger partial charge in [0.1, 0.15) is 6.29 Å². The van der Waals surface area contributed by atoms with Gasteiger partial charge < -0.3 is 10.1 Å². The minimum Gasteiger partial charge on any atom is -0.384 e. The molecule has 11 heavy (non-hydrogen) atoms. The number of hydrogen-bond donors (Lipinski definition) is 1. The van der Waals surface area contributed by atoms with Crippen molar-refractivity contribution in [3.8, 4) is 0 Å². The number of rotatable bonds is 1. The Bertz CT molecular complexity index is 283. The molecule has 2 heteroatoms. The van der Waals surface area contributed by atoms with Crippen molar-refractivity contribution in [3.05, 3.63) is 29.8 Å². The number of hydrogen-bond acceptors (Lipinski definition) is 2. The molecule has 0 saturated heterocycles. The highest BCUT2D eigenvalue weighted by molar-refractivity contribution is 5.73. The van der Waals surface area contributed by atoms with Crippen LogP contribution in [0, 0.1) is 0 Å². The Morgan fingerprint density at radius 1 is 1.45 bits per heavy atom. The summed E-state index contributed by atoms with van der Waals surface area (Å²) in [7, 11) is 0. The Balaban J connectivity index is 2.46. The number of carbonyl (C=O) groups is 1. The summed E-state index contributed by atoms with van der Waals surface area (Å²) < 4.78 is 0. The first-order chi connectivity index (χ1) is 5.42. The molecule has 1 heterocycles. The van der Waals surface area contributed by atoms with E-state index in [1.54, 1.807) is 0 Å². The maximum Gasteiger partial charge on any atom is 0.129 e. The molecule has 1 atom stereocenters. The van der Waals surface area contributed by atoms with Gasteiger partial charge in [0.25, 0.3) is 0 Å². The third-order valence-electron chi connectivity index (χ3n) is 2.04. The average Bonchev–Trinajstić information content (AvgIpc) is 2.47. The standard InChI is InChI=1S/C9H9NO/c11-6-7-5-10-9-4-2-1-3-8(7)9/h1-4,6-7,10H,5H2/t7-/m0/s1. The second kappa shape index (κ2) is 2.38. The molecule has 1 N–H and O–H groups in total. The quantitative estimate of drug-likeness (QED) is 0.608. The summed E-state index contributed by atoms with van der Waals surface area (Å²) in [5.41, 5.74) is 2.23. The zero-order valence-electron chi connectivity index (χ0n) is 6.08. The van der Waals surface area contributed by atoms with Gasteiger partial charge in [-0.2, -0.15) is 0 Å². The lowest BCUT2D eigenvalue weighted by molar-refractivity contribution is -0.108. The van der Waals surface area contributed by atoms with E-state index in [2.05, 4.69) is 5.32 Å². The predicted octanol–water partition coefficient (Wildman–Crippen LogP) is 1.39. The molecule has 2 rings (SSSR count). The van der Waals surface area contributed by atoms with Crippen LogP contribution in [0.3, 0.4) is 0 Å². The lowest BCUT2D eigenvalue weighted by Gasteiger charge is -1.98. The number of carbonyl (C=O) groups excluding carboxylic acids is 1.